The molecule has 298 valence electrons. The fourth-order valence-corrected chi connectivity index (χ4v) is 9.15. The number of rotatable bonds is 3. The van der Waals surface area contributed by atoms with Gasteiger partial charge in [0.15, 0.2) is 0 Å². The third-order valence-corrected chi connectivity index (χ3v) is 12.4. The quantitative estimate of drug-likeness (QED) is 0.170. The molecule has 2 aromatic heterocycles. The van der Waals surface area contributed by atoms with Crippen LogP contribution in [-0.2, 0) is 27.1 Å². The zero-order valence-corrected chi connectivity index (χ0v) is 37.9. The second kappa shape index (κ2) is 13.2. The summed E-state index contributed by atoms with van der Waals surface area (Å²) < 4.78 is 5.10. The van der Waals surface area contributed by atoms with Crippen molar-refractivity contribution in [3.05, 3.63) is 143 Å². The molecule has 2 heterocycles. The van der Waals surface area contributed by atoms with Gasteiger partial charge in [-0.3, -0.25) is 0 Å². The summed E-state index contributed by atoms with van der Waals surface area (Å²) in [5.41, 5.74) is 16.8. The standard InChI is InChI=1S/C56H64N2/c1-52(2,3)36-22-28-45(55(10,11)12)42(32-36)35-20-25-39(26-21-35)57-46-19-17-16-18-40(46)41-27-31-49(50(51(41)57)56(13,14)15)58-47-29-23-37(53(4,5)6)33-43(47)44-34-38(54(7,8)9)24-30-48(44)58/h16-34H,1-15H3. The molecule has 0 amide bonds. The lowest BCUT2D eigenvalue weighted by Gasteiger charge is -2.28. The minimum Gasteiger partial charge on any atom is -0.309 e. The molecule has 2 nitrogen and oxygen atoms in total. The van der Waals surface area contributed by atoms with Gasteiger partial charge in [-0.25, -0.2) is 0 Å². The van der Waals surface area contributed by atoms with Gasteiger partial charge in [-0.05, 0) is 109 Å². The monoisotopic (exact) mass is 765 g/mol. The Morgan fingerprint density at radius 2 is 0.862 bits per heavy atom. The first-order valence-corrected chi connectivity index (χ1v) is 21.4. The number of nitrogens with zero attached hydrogens (tertiary/aromatic N) is 2. The van der Waals surface area contributed by atoms with Crippen LogP contribution >= 0.6 is 0 Å². The summed E-state index contributed by atoms with van der Waals surface area (Å²) in [6.07, 6.45) is 0. The third-order valence-electron chi connectivity index (χ3n) is 12.4. The van der Waals surface area contributed by atoms with Crippen molar-refractivity contribution in [2.45, 2.75) is 131 Å². The minimum atomic E-state index is -0.185. The normalized spacial score (nSPS) is 13.4. The molecule has 0 radical (unpaired) electrons. The Labute approximate surface area is 347 Å². The van der Waals surface area contributed by atoms with Crippen LogP contribution in [0.25, 0.3) is 66.1 Å². The lowest BCUT2D eigenvalue weighted by Crippen LogP contribution is -2.17. The van der Waals surface area contributed by atoms with E-state index < -0.39 is 0 Å². The molecule has 0 aliphatic carbocycles. The summed E-state index contributed by atoms with van der Waals surface area (Å²) in [4.78, 5) is 0. The van der Waals surface area contributed by atoms with Crippen molar-refractivity contribution >= 4 is 43.6 Å². The van der Waals surface area contributed by atoms with E-state index in [4.69, 9.17) is 0 Å². The van der Waals surface area contributed by atoms with Gasteiger partial charge in [-0.1, -0.05) is 171 Å². The summed E-state index contributed by atoms with van der Waals surface area (Å²) in [5.74, 6) is 0. The molecular weight excluding hydrogens is 701 g/mol. The first-order chi connectivity index (χ1) is 26.9. The minimum absolute atomic E-state index is 0.0185. The van der Waals surface area contributed by atoms with Crippen LogP contribution in [0.5, 0.6) is 0 Å². The molecule has 0 unspecified atom stereocenters. The van der Waals surface area contributed by atoms with E-state index in [0.717, 1.165) is 0 Å². The van der Waals surface area contributed by atoms with Crippen LogP contribution < -0.4 is 0 Å². The van der Waals surface area contributed by atoms with Crippen molar-refractivity contribution in [3.8, 4) is 22.5 Å². The van der Waals surface area contributed by atoms with E-state index >= 15 is 0 Å². The summed E-state index contributed by atoms with van der Waals surface area (Å²) >= 11 is 0. The van der Waals surface area contributed by atoms with Crippen molar-refractivity contribution in [2.75, 3.05) is 0 Å². The number of benzene rings is 6. The number of hydrogen-bond donors (Lipinski definition) is 0. The van der Waals surface area contributed by atoms with Crippen LogP contribution in [-0.4, -0.2) is 9.13 Å². The molecule has 0 fully saturated rings. The Balaban J connectivity index is 1.43. The maximum Gasteiger partial charge on any atom is 0.0599 e. The Hall–Kier alpha value is -5.08. The Morgan fingerprint density at radius 1 is 0.362 bits per heavy atom. The van der Waals surface area contributed by atoms with E-state index in [1.54, 1.807) is 0 Å². The molecule has 0 spiro atoms. The van der Waals surface area contributed by atoms with Crippen LogP contribution in [0.1, 0.15) is 132 Å². The van der Waals surface area contributed by atoms with Crippen molar-refractivity contribution in [1.82, 2.24) is 9.13 Å². The maximum absolute atomic E-state index is 2.56. The van der Waals surface area contributed by atoms with Crippen LogP contribution in [0.2, 0.25) is 0 Å². The summed E-state index contributed by atoms with van der Waals surface area (Å²) in [6, 6.07) is 44.6. The molecule has 0 bridgehead atoms. The highest BCUT2D eigenvalue weighted by Crippen LogP contribution is 2.45. The second-order valence-electron chi connectivity index (χ2n) is 22.1. The zero-order valence-electron chi connectivity index (χ0n) is 37.9. The van der Waals surface area contributed by atoms with Crippen molar-refractivity contribution in [2.24, 2.45) is 0 Å². The number of hydrogen-bond acceptors (Lipinski definition) is 0. The largest absolute Gasteiger partial charge is 0.309 e. The predicted molar refractivity (Wildman–Crippen MR) is 254 cm³/mol. The SMILES string of the molecule is CC(C)(C)c1ccc(C(C)(C)C)c(-c2ccc(-n3c4ccccc4c4ccc(-n5c6ccc(C(C)(C)C)cc6c6cc(C(C)(C)C)ccc65)c(C(C)(C)C)c43)cc2)c1. The Morgan fingerprint density at radius 3 is 1.38 bits per heavy atom. The van der Waals surface area contributed by atoms with Crippen molar-refractivity contribution in [1.29, 1.82) is 0 Å². The molecule has 8 rings (SSSR count). The predicted octanol–water partition coefficient (Wildman–Crippen LogP) is 16.0. The molecule has 0 saturated carbocycles. The van der Waals surface area contributed by atoms with E-state index in [0.29, 0.717) is 0 Å². The fraction of sp³-hybridized carbons (Fsp3) is 0.357. The first-order valence-electron chi connectivity index (χ1n) is 21.4. The smallest absolute Gasteiger partial charge is 0.0599 e. The lowest BCUT2D eigenvalue weighted by molar-refractivity contribution is 0.578. The highest BCUT2D eigenvalue weighted by Gasteiger charge is 2.30. The molecule has 58 heavy (non-hydrogen) atoms. The van der Waals surface area contributed by atoms with Crippen LogP contribution in [0, 0.1) is 0 Å². The fourth-order valence-electron chi connectivity index (χ4n) is 9.15. The maximum atomic E-state index is 2.56. The van der Waals surface area contributed by atoms with Gasteiger partial charge in [0.2, 0.25) is 0 Å². The number of fused-ring (bicyclic) bond motifs is 6. The van der Waals surface area contributed by atoms with Crippen LogP contribution in [0.3, 0.4) is 0 Å². The van der Waals surface area contributed by atoms with E-state index in [2.05, 4.69) is 228 Å². The van der Waals surface area contributed by atoms with Crippen LogP contribution in [0.4, 0.5) is 0 Å². The van der Waals surface area contributed by atoms with Gasteiger partial charge in [-0.15, -0.1) is 0 Å². The molecule has 0 atom stereocenters. The van der Waals surface area contributed by atoms with Gasteiger partial charge >= 0.3 is 0 Å². The number of para-hydroxylation sites is 1. The van der Waals surface area contributed by atoms with Gasteiger partial charge in [0.25, 0.3) is 0 Å². The van der Waals surface area contributed by atoms with E-state index in [-0.39, 0.29) is 27.1 Å². The van der Waals surface area contributed by atoms with E-state index in [9.17, 15) is 0 Å². The lowest BCUT2D eigenvalue weighted by atomic mass is 9.78. The van der Waals surface area contributed by atoms with Crippen molar-refractivity contribution < 1.29 is 0 Å². The number of aromatic nitrogens is 2. The van der Waals surface area contributed by atoms with Gasteiger partial charge in [-0.2, -0.15) is 0 Å². The van der Waals surface area contributed by atoms with Crippen molar-refractivity contribution in [3.63, 3.8) is 0 Å². The summed E-state index contributed by atoms with van der Waals surface area (Å²) in [6.45, 7) is 34.9. The van der Waals surface area contributed by atoms with Gasteiger partial charge < -0.3 is 9.13 Å². The highest BCUT2D eigenvalue weighted by molar-refractivity contribution is 6.13. The van der Waals surface area contributed by atoms with Gasteiger partial charge in [0.1, 0.15) is 0 Å². The molecule has 0 N–H and O–H groups in total. The average molecular weight is 765 g/mol. The molecular formula is C56H64N2. The summed E-state index contributed by atoms with van der Waals surface area (Å²) in [7, 11) is 0. The topological polar surface area (TPSA) is 9.86 Å². The summed E-state index contributed by atoms with van der Waals surface area (Å²) in [5, 5.41) is 5.19. The molecule has 0 aliphatic heterocycles. The van der Waals surface area contributed by atoms with E-state index in [1.807, 2.05) is 0 Å². The average Bonchev–Trinajstić information content (AvgIpc) is 3.64. The van der Waals surface area contributed by atoms with Gasteiger partial charge in [0.05, 0.1) is 27.8 Å². The molecule has 8 aromatic rings. The Kier molecular flexibility index (Phi) is 9.05. The third kappa shape index (κ3) is 6.67. The first kappa shape index (κ1) is 39.7. The highest BCUT2D eigenvalue weighted by atomic mass is 15.0. The molecule has 0 aliphatic rings. The molecule has 6 aromatic carbocycles. The Bertz CT molecular complexity index is 2800. The molecule has 2 heteroatoms. The second-order valence-corrected chi connectivity index (χ2v) is 22.1. The van der Waals surface area contributed by atoms with E-state index in [1.165, 1.54) is 93.9 Å². The van der Waals surface area contributed by atoms with Crippen LogP contribution in [0.15, 0.2) is 115 Å². The molecule has 0 saturated heterocycles. The zero-order chi connectivity index (χ0) is 41.9. The van der Waals surface area contributed by atoms with Gasteiger partial charge in [0, 0.05) is 32.8 Å².